The monoisotopic (exact) mass is 353 g/mol. The Morgan fingerprint density at radius 2 is 1.85 bits per heavy atom. The molecule has 0 spiro atoms. The first kappa shape index (κ1) is 18.6. The second-order valence-corrected chi connectivity index (χ2v) is 7.11. The number of carbonyl (C=O) groups is 1. The van der Waals surface area contributed by atoms with Crippen LogP contribution in [0.4, 0.5) is 0 Å². The van der Waals surface area contributed by atoms with Crippen LogP contribution in [0.2, 0.25) is 0 Å². The first-order valence-electron chi connectivity index (χ1n) is 9.40. The number of rotatable bonds is 6. The van der Waals surface area contributed by atoms with E-state index in [2.05, 4.69) is 11.8 Å². The third kappa shape index (κ3) is 3.53. The van der Waals surface area contributed by atoms with E-state index in [1.165, 1.54) is 0 Å². The Bertz CT molecular complexity index is 744. The van der Waals surface area contributed by atoms with E-state index in [1.54, 1.807) is 30.3 Å². The van der Waals surface area contributed by atoms with E-state index in [9.17, 15) is 15.0 Å². The topological polar surface area (TPSA) is 60.8 Å². The van der Waals surface area contributed by atoms with Crippen molar-refractivity contribution < 1.29 is 15.0 Å². The van der Waals surface area contributed by atoms with Crippen LogP contribution in [0.15, 0.2) is 54.6 Å². The third-order valence-corrected chi connectivity index (χ3v) is 5.34. The molecular formula is C22H27NO3. The van der Waals surface area contributed by atoms with Crippen LogP contribution in [0.5, 0.6) is 0 Å². The van der Waals surface area contributed by atoms with Gasteiger partial charge in [0, 0.05) is 12.1 Å². The molecule has 1 fully saturated rings. The lowest BCUT2D eigenvalue weighted by molar-refractivity contribution is -0.155. The van der Waals surface area contributed by atoms with E-state index >= 15 is 0 Å². The fourth-order valence-corrected chi connectivity index (χ4v) is 4.08. The summed E-state index contributed by atoms with van der Waals surface area (Å²) in [6.07, 6.45) is 3.22. The lowest BCUT2D eigenvalue weighted by Gasteiger charge is -2.35. The SMILES string of the molecule is CCCN1CCCC(c2ccccc2C(O)(C(=O)O)c2ccccc2)C1. The molecule has 0 amide bonds. The number of hydrogen-bond acceptors (Lipinski definition) is 3. The van der Waals surface area contributed by atoms with Gasteiger partial charge < -0.3 is 15.1 Å². The molecule has 1 saturated heterocycles. The molecule has 0 bridgehead atoms. The molecule has 4 nitrogen and oxygen atoms in total. The molecule has 138 valence electrons. The van der Waals surface area contributed by atoms with Crippen molar-refractivity contribution >= 4 is 5.97 Å². The van der Waals surface area contributed by atoms with Crippen LogP contribution in [0, 0.1) is 0 Å². The fourth-order valence-electron chi connectivity index (χ4n) is 4.08. The average Bonchev–Trinajstić information content (AvgIpc) is 2.68. The highest BCUT2D eigenvalue weighted by atomic mass is 16.4. The number of hydrogen-bond donors (Lipinski definition) is 2. The number of carboxylic acids is 1. The summed E-state index contributed by atoms with van der Waals surface area (Å²) in [6.45, 7) is 5.24. The standard InChI is InChI=1S/C22H27NO3/c1-2-14-23-15-8-9-17(16-23)19-12-6-7-13-20(19)22(26,21(24)25)18-10-4-3-5-11-18/h3-7,10-13,17,26H,2,8-9,14-16H2,1H3,(H,24,25). The van der Waals surface area contributed by atoms with Gasteiger partial charge in [-0.2, -0.15) is 0 Å². The predicted octanol–water partition coefficient (Wildman–Crippen LogP) is 3.60. The Balaban J connectivity index is 2.04. The molecular weight excluding hydrogens is 326 g/mol. The van der Waals surface area contributed by atoms with Crippen molar-refractivity contribution in [3.8, 4) is 0 Å². The van der Waals surface area contributed by atoms with E-state index in [0.717, 1.165) is 44.5 Å². The highest BCUT2D eigenvalue weighted by Gasteiger charge is 2.42. The van der Waals surface area contributed by atoms with Crippen molar-refractivity contribution in [2.75, 3.05) is 19.6 Å². The Hall–Kier alpha value is -2.17. The second-order valence-electron chi connectivity index (χ2n) is 7.11. The molecule has 1 aliphatic rings. The van der Waals surface area contributed by atoms with Crippen molar-refractivity contribution in [1.82, 2.24) is 4.90 Å². The predicted molar refractivity (Wildman–Crippen MR) is 102 cm³/mol. The zero-order valence-electron chi connectivity index (χ0n) is 15.3. The zero-order chi connectivity index (χ0) is 18.6. The number of likely N-dealkylation sites (tertiary alicyclic amines) is 1. The van der Waals surface area contributed by atoms with Gasteiger partial charge in [-0.1, -0.05) is 61.5 Å². The van der Waals surface area contributed by atoms with Gasteiger partial charge >= 0.3 is 5.97 Å². The molecule has 0 aliphatic carbocycles. The zero-order valence-corrected chi connectivity index (χ0v) is 15.3. The minimum atomic E-state index is -2.04. The van der Waals surface area contributed by atoms with Crippen molar-refractivity contribution in [1.29, 1.82) is 0 Å². The molecule has 2 aromatic rings. The molecule has 0 saturated carbocycles. The van der Waals surface area contributed by atoms with Gasteiger partial charge in [0.25, 0.3) is 0 Å². The summed E-state index contributed by atoms with van der Waals surface area (Å²) in [6, 6.07) is 16.2. The van der Waals surface area contributed by atoms with E-state index in [4.69, 9.17) is 0 Å². The normalized spacial score (nSPS) is 20.5. The van der Waals surface area contributed by atoms with Gasteiger partial charge in [-0.05, 0) is 49.4 Å². The first-order valence-corrected chi connectivity index (χ1v) is 9.40. The number of nitrogens with zero attached hydrogens (tertiary/aromatic N) is 1. The number of benzene rings is 2. The summed E-state index contributed by atoms with van der Waals surface area (Å²) in [7, 11) is 0. The Morgan fingerprint density at radius 3 is 2.54 bits per heavy atom. The molecule has 26 heavy (non-hydrogen) atoms. The molecule has 1 aliphatic heterocycles. The van der Waals surface area contributed by atoms with Gasteiger partial charge in [0.05, 0.1) is 0 Å². The summed E-state index contributed by atoms with van der Waals surface area (Å²) in [5, 5.41) is 21.2. The molecule has 2 aromatic carbocycles. The van der Waals surface area contributed by atoms with Gasteiger partial charge in [0.1, 0.15) is 0 Å². The smallest absolute Gasteiger partial charge is 0.345 e. The van der Waals surface area contributed by atoms with Gasteiger partial charge in [0.15, 0.2) is 0 Å². The molecule has 4 heteroatoms. The van der Waals surface area contributed by atoms with Gasteiger partial charge in [-0.3, -0.25) is 0 Å². The minimum absolute atomic E-state index is 0.237. The first-order chi connectivity index (χ1) is 12.6. The molecule has 1 heterocycles. The number of piperidine rings is 1. The summed E-state index contributed by atoms with van der Waals surface area (Å²) in [4.78, 5) is 14.6. The molecule has 0 radical (unpaired) electrons. The van der Waals surface area contributed by atoms with E-state index in [-0.39, 0.29) is 5.92 Å². The molecule has 2 unspecified atom stereocenters. The van der Waals surface area contributed by atoms with Crippen LogP contribution in [0.3, 0.4) is 0 Å². The van der Waals surface area contributed by atoms with Crippen molar-refractivity contribution in [2.24, 2.45) is 0 Å². The van der Waals surface area contributed by atoms with E-state index in [0.29, 0.717) is 11.1 Å². The van der Waals surface area contributed by atoms with E-state index in [1.807, 2.05) is 24.3 Å². The van der Waals surface area contributed by atoms with Crippen LogP contribution in [-0.4, -0.2) is 40.7 Å². The highest BCUT2D eigenvalue weighted by molar-refractivity contribution is 5.84. The third-order valence-electron chi connectivity index (χ3n) is 5.34. The fraction of sp³-hybridized carbons (Fsp3) is 0.409. The average molecular weight is 353 g/mol. The van der Waals surface area contributed by atoms with Crippen LogP contribution >= 0.6 is 0 Å². The maximum Gasteiger partial charge on any atom is 0.345 e. The summed E-state index contributed by atoms with van der Waals surface area (Å²) in [5.41, 5.74) is -0.212. The van der Waals surface area contributed by atoms with Crippen LogP contribution < -0.4 is 0 Å². The van der Waals surface area contributed by atoms with Crippen LogP contribution in [0.1, 0.15) is 48.8 Å². The van der Waals surface area contributed by atoms with Crippen molar-refractivity contribution in [3.63, 3.8) is 0 Å². The number of aliphatic hydroxyl groups is 1. The lowest BCUT2D eigenvalue weighted by atomic mass is 9.78. The minimum Gasteiger partial charge on any atom is -0.479 e. The molecule has 2 atom stereocenters. The number of carboxylic acid groups (broad SMARTS) is 1. The molecule has 0 aromatic heterocycles. The van der Waals surface area contributed by atoms with Crippen molar-refractivity contribution in [3.05, 3.63) is 71.3 Å². The number of aliphatic carboxylic acids is 1. The maximum absolute atomic E-state index is 12.2. The Kier molecular flexibility index (Phi) is 5.74. The molecule has 2 N–H and O–H groups in total. The Labute approximate surface area is 155 Å². The second kappa shape index (κ2) is 8.02. The Morgan fingerprint density at radius 1 is 1.15 bits per heavy atom. The van der Waals surface area contributed by atoms with E-state index < -0.39 is 11.6 Å². The molecule has 3 rings (SSSR count). The largest absolute Gasteiger partial charge is 0.479 e. The van der Waals surface area contributed by atoms with Crippen LogP contribution in [0.25, 0.3) is 0 Å². The van der Waals surface area contributed by atoms with Crippen LogP contribution in [-0.2, 0) is 10.4 Å². The maximum atomic E-state index is 12.2. The highest BCUT2D eigenvalue weighted by Crippen LogP contribution is 2.38. The lowest BCUT2D eigenvalue weighted by Crippen LogP contribution is -2.40. The van der Waals surface area contributed by atoms with Gasteiger partial charge in [-0.15, -0.1) is 0 Å². The van der Waals surface area contributed by atoms with Gasteiger partial charge in [0.2, 0.25) is 5.60 Å². The van der Waals surface area contributed by atoms with Crippen molar-refractivity contribution in [2.45, 2.75) is 37.7 Å². The summed E-state index contributed by atoms with van der Waals surface area (Å²) >= 11 is 0. The van der Waals surface area contributed by atoms with Gasteiger partial charge in [-0.25, -0.2) is 4.79 Å². The summed E-state index contributed by atoms with van der Waals surface area (Å²) in [5.74, 6) is -1.00. The summed E-state index contributed by atoms with van der Waals surface area (Å²) < 4.78 is 0. The quantitative estimate of drug-likeness (QED) is 0.833.